The van der Waals surface area contributed by atoms with E-state index in [9.17, 15) is 4.39 Å². The molecular formula is C17H24FN5O. The highest BCUT2D eigenvalue weighted by Crippen LogP contribution is 2.10. The fraction of sp³-hybridized carbons (Fsp3) is 0.412. The van der Waals surface area contributed by atoms with Gasteiger partial charge >= 0.3 is 0 Å². The van der Waals surface area contributed by atoms with Crippen molar-refractivity contribution in [1.29, 1.82) is 0 Å². The fourth-order valence-electron chi connectivity index (χ4n) is 2.06. The number of hydrogen-bond acceptors (Lipinski definition) is 3. The van der Waals surface area contributed by atoms with Crippen molar-refractivity contribution in [2.45, 2.75) is 19.9 Å². The van der Waals surface area contributed by atoms with Gasteiger partial charge in [-0.25, -0.2) is 9.38 Å². The predicted molar refractivity (Wildman–Crippen MR) is 92.5 cm³/mol. The summed E-state index contributed by atoms with van der Waals surface area (Å²) in [6.45, 7) is 4.68. The Hall–Kier alpha value is -2.57. The Morgan fingerprint density at radius 1 is 1.25 bits per heavy atom. The Balaban J connectivity index is 1.71. The van der Waals surface area contributed by atoms with Crippen LogP contribution in [0.4, 0.5) is 4.39 Å². The third-order valence-electron chi connectivity index (χ3n) is 3.36. The summed E-state index contributed by atoms with van der Waals surface area (Å²) in [5.74, 6) is 1.18. The van der Waals surface area contributed by atoms with E-state index in [1.807, 2.05) is 24.7 Å². The van der Waals surface area contributed by atoms with Gasteiger partial charge in [0.2, 0.25) is 0 Å². The molecule has 0 fully saturated rings. The lowest BCUT2D eigenvalue weighted by Gasteiger charge is -2.12. The predicted octanol–water partition coefficient (Wildman–Crippen LogP) is 2.08. The summed E-state index contributed by atoms with van der Waals surface area (Å²) >= 11 is 0. The standard InChI is InChI=1S/C17H24FN5O/c1-3-19-17(21-13-15-9-11-22-23(15)2)20-10-4-12-24-16-7-5-14(18)6-8-16/h5-9,11H,3-4,10,12-13H2,1-2H3,(H2,19,20,21). The lowest BCUT2D eigenvalue weighted by atomic mass is 10.3. The zero-order valence-corrected chi connectivity index (χ0v) is 14.1. The Kier molecular flexibility index (Phi) is 7.07. The Morgan fingerprint density at radius 3 is 2.71 bits per heavy atom. The van der Waals surface area contributed by atoms with E-state index in [0.29, 0.717) is 18.9 Å². The van der Waals surface area contributed by atoms with Gasteiger partial charge in [0.15, 0.2) is 5.96 Å². The number of hydrogen-bond donors (Lipinski definition) is 2. The SMILES string of the molecule is CCNC(=NCc1ccnn1C)NCCCOc1ccc(F)cc1. The molecule has 2 aromatic rings. The number of nitrogens with zero attached hydrogens (tertiary/aromatic N) is 3. The van der Waals surface area contributed by atoms with Gasteiger partial charge in [-0.05, 0) is 43.7 Å². The van der Waals surface area contributed by atoms with E-state index in [1.165, 1.54) is 12.1 Å². The van der Waals surface area contributed by atoms with Gasteiger partial charge in [0.05, 0.1) is 18.8 Å². The molecule has 1 aromatic carbocycles. The van der Waals surface area contributed by atoms with Gasteiger partial charge in [-0.2, -0.15) is 5.10 Å². The van der Waals surface area contributed by atoms with Gasteiger partial charge in [-0.3, -0.25) is 4.68 Å². The number of ether oxygens (including phenoxy) is 1. The molecule has 7 heteroatoms. The van der Waals surface area contributed by atoms with Crippen molar-refractivity contribution in [2.75, 3.05) is 19.7 Å². The van der Waals surface area contributed by atoms with Crippen LogP contribution in [0.25, 0.3) is 0 Å². The fourth-order valence-corrected chi connectivity index (χ4v) is 2.06. The first-order chi connectivity index (χ1) is 11.7. The van der Waals surface area contributed by atoms with Crippen LogP contribution in [0, 0.1) is 5.82 Å². The first-order valence-electron chi connectivity index (χ1n) is 8.06. The van der Waals surface area contributed by atoms with Crippen molar-refractivity contribution in [3.05, 3.63) is 48.0 Å². The molecular weight excluding hydrogens is 309 g/mol. The first kappa shape index (κ1) is 17.8. The number of aliphatic imine (C=N–C) groups is 1. The van der Waals surface area contributed by atoms with Crippen molar-refractivity contribution in [1.82, 2.24) is 20.4 Å². The second-order valence-corrected chi connectivity index (χ2v) is 5.22. The summed E-state index contributed by atoms with van der Waals surface area (Å²) in [4.78, 5) is 4.53. The monoisotopic (exact) mass is 333 g/mol. The van der Waals surface area contributed by atoms with Crippen molar-refractivity contribution in [3.8, 4) is 5.75 Å². The van der Waals surface area contributed by atoms with E-state index in [-0.39, 0.29) is 5.82 Å². The molecule has 0 aliphatic carbocycles. The number of rotatable bonds is 8. The third kappa shape index (κ3) is 5.91. The van der Waals surface area contributed by atoms with Gasteiger partial charge < -0.3 is 15.4 Å². The maximum Gasteiger partial charge on any atom is 0.191 e. The van der Waals surface area contributed by atoms with Crippen LogP contribution in [0.2, 0.25) is 0 Å². The molecule has 1 aromatic heterocycles. The molecule has 2 N–H and O–H groups in total. The zero-order valence-electron chi connectivity index (χ0n) is 14.1. The van der Waals surface area contributed by atoms with Crippen molar-refractivity contribution >= 4 is 5.96 Å². The third-order valence-corrected chi connectivity index (χ3v) is 3.36. The lowest BCUT2D eigenvalue weighted by Crippen LogP contribution is -2.38. The summed E-state index contributed by atoms with van der Waals surface area (Å²) in [5, 5.41) is 10.6. The minimum atomic E-state index is -0.260. The van der Waals surface area contributed by atoms with E-state index in [4.69, 9.17) is 4.74 Å². The summed E-state index contributed by atoms with van der Waals surface area (Å²) in [7, 11) is 1.90. The maximum atomic E-state index is 12.8. The zero-order chi connectivity index (χ0) is 17.2. The number of guanidine groups is 1. The molecule has 0 bridgehead atoms. The first-order valence-corrected chi connectivity index (χ1v) is 8.06. The van der Waals surface area contributed by atoms with E-state index in [1.54, 1.807) is 18.3 Å². The molecule has 0 unspecified atom stereocenters. The van der Waals surface area contributed by atoms with Crippen LogP contribution in [-0.2, 0) is 13.6 Å². The van der Waals surface area contributed by atoms with E-state index < -0.39 is 0 Å². The van der Waals surface area contributed by atoms with Gasteiger partial charge in [-0.1, -0.05) is 0 Å². The molecule has 0 radical (unpaired) electrons. The minimum absolute atomic E-state index is 0.260. The second-order valence-electron chi connectivity index (χ2n) is 5.22. The van der Waals surface area contributed by atoms with E-state index >= 15 is 0 Å². The molecule has 2 rings (SSSR count). The molecule has 0 spiro atoms. The van der Waals surface area contributed by atoms with Crippen LogP contribution in [0.3, 0.4) is 0 Å². The van der Waals surface area contributed by atoms with E-state index in [0.717, 1.165) is 31.2 Å². The number of aryl methyl sites for hydroxylation is 1. The second kappa shape index (κ2) is 9.54. The van der Waals surface area contributed by atoms with Crippen LogP contribution in [0.5, 0.6) is 5.75 Å². The normalized spacial score (nSPS) is 11.4. The Bertz CT molecular complexity index is 639. The molecule has 0 aliphatic rings. The summed E-state index contributed by atoms with van der Waals surface area (Å²) < 4.78 is 20.2. The van der Waals surface area contributed by atoms with Crippen LogP contribution in [-0.4, -0.2) is 35.4 Å². The average Bonchev–Trinajstić information content (AvgIpc) is 2.99. The molecule has 0 saturated carbocycles. The van der Waals surface area contributed by atoms with Crippen LogP contribution < -0.4 is 15.4 Å². The average molecular weight is 333 g/mol. The molecule has 24 heavy (non-hydrogen) atoms. The Morgan fingerprint density at radius 2 is 2.04 bits per heavy atom. The highest BCUT2D eigenvalue weighted by Gasteiger charge is 2.00. The Labute approximate surface area is 141 Å². The van der Waals surface area contributed by atoms with Gasteiger partial charge in [0.25, 0.3) is 0 Å². The molecule has 0 saturated heterocycles. The van der Waals surface area contributed by atoms with Crippen molar-refractivity contribution < 1.29 is 9.13 Å². The summed E-state index contributed by atoms with van der Waals surface area (Å²) in [5.41, 5.74) is 1.05. The minimum Gasteiger partial charge on any atom is -0.494 e. The van der Waals surface area contributed by atoms with Crippen LogP contribution in [0.1, 0.15) is 19.0 Å². The number of halogens is 1. The van der Waals surface area contributed by atoms with Crippen molar-refractivity contribution in [3.63, 3.8) is 0 Å². The summed E-state index contributed by atoms with van der Waals surface area (Å²) in [6.07, 6.45) is 2.57. The number of nitrogens with one attached hydrogen (secondary N) is 2. The van der Waals surface area contributed by atoms with Gasteiger partial charge in [0.1, 0.15) is 11.6 Å². The number of benzene rings is 1. The largest absolute Gasteiger partial charge is 0.494 e. The molecule has 6 nitrogen and oxygen atoms in total. The van der Waals surface area contributed by atoms with Gasteiger partial charge in [-0.15, -0.1) is 0 Å². The topological polar surface area (TPSA) is 63.5 Å². The quantitative estimate of drug-likeness (QED) is 0.441. The van der Waals surface area contributed by atoms with Crippen molar-refractivity contribution in [2.24, 2.45) is 12.0 Å². The lowest BCUT2D eigenvalue weighted by molar-refractivity contribution is 0.310. The maximum absolute atomic E-state index is 12.8. The van der Waals surface area contributed by atoms with E-state index in [2.05, 4.69) is 20.7 Å². The summed E-state index contributed by atoms with van der Waals surface area (Å²) in [6, 6.07) is 7.98. The highest BCUT2D eigenvalue weighted by atomic mass is 19.1. The molecule has 0 aliphatic heterocycles. The van der Waals surface area contributed by atoms with Gasteiger partial charge in [0, 0.05) is 26.3 Å². The van der Waals surface area contributed by atoms with Crippen LogP contribution in [0.15, 0.2) is 41.5 Å². The molecule has 0 amide bonds. The molecule has 130 valence electrons. The highest BCUT2D eigenvalue weighted by molar-refractivity contribution is 5.79. The molecule has 0 atom stereocenters. The molecule has 1 heterocycles. The smallest absolute Gasteiger partial charge is 0.191 e. The van der Waals surface area contributed by atoms with Crippen LogP contribution >= 0.6 is 0 Å². The number of aromatic nitrogens is 2.